The first-order valence-corrected chi connectivity index (χ1v) is 30.0. The average Bonchev–Trinajstić information content (AvgIpc) is 3.44. The molecule has 2 aliphatic rings. The number of hydrogen-bond acceptors (Lipinski definition) is 10. The van der Waals surface area contributed by atoms with E-state index < -0.39 is 55.2 Å². The zero-order valence-electron chi connectivity index (χ0n) is 40.2. The molecule has 0 N–H and O–H groups in total. The summed E-state index contributed by atoms with van der Waals surface area (Å²) in [7, 11) is -1.70. The highest BCUT2D eigenvalue weighted by atomic mass is 28.4. The maximum Gasteiger partial charge on any atom is 0.509 e. The summed E-state index contributed by atoms with van der Waals surface area (Å²) >= 11 is 0. The van der Waals surface area contributed by atoms with Crippen LogP contribution < -0.4 is 0 Å². The van der Waals surface area contributed by atoms with Gasteiger partial charge in [0, 0.05) is 46.0 Å². The number of ether oxygens (including phenoxy) is 6. The summed E-state index contributed by atoms with van der Waals surface area (Å²) in [4.78, 5) is 13.4. The molecule has 0 aromatic carbocycles. The second kappa shape index (κ2) is 19.9. The van der Waals surface area contributed by atoms with Crippen LogP contribution in [0.25, 0.3) is 0 Å². The highest BCUT2D eigenvalue weighted by molar-refractivity contribution is 6.75. The largest absolute Gasteiger partial charge is 0.509 e. The SMILES string of the molecule is C=C/C(C)=C/CC[C@H](O[Si](C)(C)C(C)(C)C)[C@H](C[C@@H]1OC(=O)O[C@H]1[C@]1(OC)O[C@H](C[C@H](COC)O[Si](C)(C)C(C)(C)C)[C@H](C)[C@H](O[Si](C)(C)C(C)(C)C)[C@H]1C)OC. The van der Waals surface area contributed by atoms with Crippen LogP contribution in [0.4, 0.5) is 4.79 Å². The molecule has 0 radical (unpaired) electrons. The summed E-state index contributed by atoms with van der Waals surface area (Å²) in [6.07, 6.45) is 2.42. The minimum Gasteiger partial charge on any atom is -0.427 e. The van der Waals surface area contributed by atoms with E-state index in [1.807, 2.05) is 13.0 Å². The molecule has 13 heteroatoms. The van der Waals surface area contributed by atoms with Crippen molar-refractivity contribution < 1.29 is 46.5 Å². The summed E-state index contributed by atoms with van der Waals surface area (Å²) in [5.74, 6) is -1.80. The first kappa shape index (κ1) is 52.3. The molecular weight excluding hydrogens is 773 g/mol. The van der Waals surface area contributed by atoms with Crippen LogP contribution in [0.1, 0.15) is 109 Å². The predicted octanol–water partition coefficient (Wildman–Crippen LogP) is 11.4. The van der Waals surface area contributed by atoms with Gasteiger partial charge in [-0.2, -0.15) is 0 Å². The van der Waals surface area contributed by atoms with Crippen molar-refractivity contribution in [3.8, 4) is 0 Å². The Kier molecular flexibility index (Phi) is 18.2. The molecule has 10 atom stereocenters. The second-order valence-corrected chi connectivity index (χ2v) is 35.6. The maximum atomic E-state index is 13.4. The molecule has 0 spiro atoms. The molecule has 0 aromatic rings. The fraction of sp³-hybridized carbons (Fsp3) is 0.886. The molecule has 0 bridgehead atoms. The fourth-order valence-electron chi connectivity index (χ4n) is 7.17. The van der Waals surface area contributed by atoms with Crippen LogP contribution in [-0.2, 0) is 41.7 Å². The van der Waals surface area contributed by atoms with Gasteiger partial charge in [0.05, 0.1) is 37.1 Å². The minimum atomic E-state index is -2.32. The van der Waals surface area contributed by atoms with Crippen LogP contribution in [0.5, 0.6) is 0 Å². The molecule has 2 fully saturated rings. The summed E-state index contributed by atoms with van der Waals surface area (Å²) < 4.78 is 59.6. The van der Waals surface area contributed by atoms with Gasteiger partial charge in [0.1, 0.15) is 0 Å². The van der Waals surface area contributed by atoms with Crippen LogP contribution in [-0.4, -0.2) is 108 Å². The zero-order chi connectivity index (χ0) is 44.2. The predicted molar refractivity (Wildman–Crippen MR) is 239 cm³/mol. The van der Waals surface area contributed by atoms with E-state index in [0.29, 0.717) is 19.4 Å². The molecule has 0 unspecified atom stereocenters. The van der Waals surface area contributed by atoms with Crippen molar-refractivity contribution in [2.24, 2.45) is 11.8 Å². The minimum absolute atomic E-state index is 0.00420. The number of cyclic esters (lactones) is 2. The molecule has 0 amide bonds. The van der Waals surface area contributed by atoms with Crippen LogP contribution in [0, 0.1) is 11.8 Å². The molecule has 2 heterocycles. The topological polar surface area (TPSA) is 100 Å². The van der Waals surface area contributed by atoms with Gasteiger partial charge < -0.3 is 41.7 Å². The molecule has 0 aromatic heterocycles. The Morgan fingerprint density at radius 2 is 1.35 bits per heavy atom. The lowest BCUT2D eigenvalue weighted by Gasteiger charge is -2.55. The van der Waals surface area contributed by atoms with E-state index in [4.69, 9.17) is 41.7 Å². The van der Waals surface area contributed by atoms with Gasteiger partial charge >= 0.3 is 6.16 Å². The van der Waals surface area contributed by atoms with Crippen molar-refractivity contribution in [2.45, 2.75) is 212 Å². The lowest BCUT2D eigenvalue weighted by molar-refractivity contribution is -0.359. The number of hydrogen-bond donors (Lipinski definition) is 0. The molecule has 0 aliphatic carbocycles. The van der Waals surface area contributed by atoms with E-state index in [0.717, 1.165) is 18.4 Å². The molecule has 2 saturated heterocycles. The Bertz CT molecular complexity index is 1330. The van der Waals surface area contributed by atoms with Crippen molar-refractivity contribution in [3.05, 3.63) is 24.3 Å². The van der Waals surface area contributed by atoms with Gasteiger partial charge in [-0.05, 0) is 74.2 Å². The van der Waals surface area contributed by atoms with Crippen molar-refractivity contribution in [2.75, 3.05) is 27.9 Å². The fourth-order valence-corrected chi connectivity index (χ4v) is 11.4. The molecule has 2 rings (SSSR count). The highest BCUT2D eigenvalue weighted by Crippen LogP contribution is 2.50. The highest BCUT2D eigenvalue weighted by Gasteiger charge is 2.64. The van der Waals surface area contributed by atoms with Crippen molar-refractivity contribution >= 4 is 31.1 Å². The zero-order valence-corrected chi connectivity index (χ0v) is 43.2. The van der Waals surface area contributed by atoms with Gasteiger partial charge in [0.2, 0.25) is 5.79 Å². The van der Waals surface area contributed by atoms with E-state index in [1.165, 1.54) is 0 Å². The average molecular weight is 859 g/mol. The molecular formula is C44H86O10Si3. The first-order chi connectivity index (χ1) is 25.8. The maximum absolute atomic E-state index is 13.4. The number of carbonyl (C=O) groups is 1. The third-order valence-electron chi connectivity index (χ3n) is 14.1. The third kappa shape index (κ3) is 12.8. The van der Waals surface area contributed by atoms with Gasteiger partial charge in [-0.3, -0.25) is 0 Å². The second-order valence-electron chi connectivity index (χ2n) is 21.4. The van der Waals surface area contributed by atoms with Crippen LogP contribution in [0.15, 0.2) is 24.3 Å². The van der Waals surface area contributed by atoms with E-state index in [-0.39, 0.29) is 51.4 Å². The normalized spacial score (nSPS) is 28.8. The number of carbonyl (C=O) groups excluding carboxylic acids is 1. The van der Waals surface area contributed by atoms with Crippen LogP contribution >= 0.6 is 0 Å². The lowest BCUT2D eigenvalue weighted by atomic mass is 9.76. The molecule has 0 saturated carbocycles. The molecule has 57 heavy (non-hydrogen) atoms. The smallest absolute Gasteiger partial charge is 0.427 e. The Hall–Kier alpha value is -0.879. The van der Waals surface area contributed by atoms with Gasteiger partial charge in [0.15, 0.2) is 37.2 Å². The van der Waals surface area contributed by atoms with E-state index in [9.17, 15) is 4.79 Å². The number of allylic oxidation sites excluding steroid dienone is 3. The lowest BCUT2D eigenvalue weighted by Crippen LogP contribution is -2.67. The Labute approximate surface area is 352 Å². The molecule has 334 valence electrons. The van der Waals surface area contributed by atoms with Gasteiger partial charge in [0.25, 0.3) is 0 Å². The number of rotatable bonds is 20. The summed E-state index contributed by atoms with van der Waals surface area (Å²) in [6, 6.07) is 0. The molecule has 10 nitrogen and oxygen atoms in total. The Balaban J connectivity index is 2.71. The van der Waals surface area contributed by atoms with Crippen LogP contribution in [0.3, 0.4) is 0 Å². The summed E-state index contributed by atoms with van der Waals surface area (Å²) in [5, 5.41) is -0.0623. The quantitative estimate of drug-likeness (QED) is 0.0668. The van der Waals surface area contributed by atoms with Crippen molar-refractivity contribution in [1.82, 2.24) is 0 Å². The Morgan fingerprint density at radius 1 is 0.807 bits per heavy atom. The van der Waals surface area contributed by atoms with Crippen molar-refractivity contribution in [3.63, 3.8) is 0 Å². The van der Waals surface area contributed by atoms with Gasteiger partial charge in [-0.1, -0.05) is 100 Å². The van der Waals surface area contributed by atoms with E-state index >= 15 is 0 Å². The van der Waals surface area contributed by atoms with Crippen molar-refractivity contribution in [1.29, 1.82) is 0 Å². The monoisotopic (exact) mass is 859 g/mol. The van der Waals surface area contributed by atoms with E-state index in [2.05, 4.69) is 128 Å². The summed E-state index contributed by atoms with van der Waals surface area (Å²) in [5.41, 5.74) is 1.11. The summed E-state index contributed by atoms with van der Waals surface area (Å²) in [6.45, 7) is 44.5. The number of methoxy groups -OCH3 is 3. The third-order valence-corrected chi connectivity index (χ3v) is 27.6. The van der Waals surface area contributed by atoms with Gasteiger partial charge in [-0.25, -0.2) is 4.79 Å². The first-order valence-electron chi connectivity index (χ1n) is 21.3. The van der Waals surface area contributed by atoms with Crippen LogP contribution in [0.2, 0.25) is 54.4 Å². The van der Waals surface area contributed by atoms with E-state index in [1.54, 1.807) is 21.3 Å². The standard InChI is InChI=1S/C44H86O10Si3/c1-23-30(2)25-24-26-34(53-56(19,20)42(8,9)10)36(47-15)28-37-39(50-40(45)49-37)44(48-16)32(4)38(54-57(21,22)43(11,12)13)31(3)35(51-44)27-33(29-46-14)52-55(17,18)41(5,6)7/h23,25,31-39H,1,24,26-29H2,2-22H3/b30-25+/t31-,32+,33+,34-,35+,36-,37-,38-,39+,44+/m0/s1. The van der Waals surface area contributed by atoms with Gasteiger partial charge in [-0.15, -0.1) is 0 Å². The molecule has 2 aliphatic heterocycles. The Morgan fingerprint density at radius 3 is 1.82 bits per heavy atom.